The third kappa shape index (κ3) is 4.27. The lowest BCUT2D eigenvalue weighted by molar-refractivity contribution is -0.137. The molecule has 1 aromatic rings. The number of methoxy groups -OCH3 is 1. The van der Waals surface area contributed by atoms with E-state index < -0.39 is 0 Å². The van der Waals surface area contributed by atoms with Gasteiger partial charge < -0.3 is 9.64 Å². The first-order valence-electron chi connectivity index (χ1n) is 9.18. The lowest BCUT2D eigenvalue weighted by Crippen LogP contribution is -2.42. The van der Waals surface area contributed by atoms with Crippen LogP contribution in [0.4, 0.5) is 0 Å². The number of aryl methyl sites for hydroxylation is 1. The Morgan fingerprint density at radius 2 is 2.04 bits per heavy atom. The molecule has 3 heteroatoms. The molecule has 1 aromatic carbocycles. The molecular weight excluding hydrogens is 286 g/mol. The third-order valence-electron chi connectivity index (χ3n) is 5.51. The van der Waals surface area contributed by atoms with Crippen LogP contribution in [-0.2, 0) is 11.2 Å². The minimum Gasteiger partial charge on any atom is -0.497 e. The van der Waals surface area contributed by atoms with Crippen molar-refractivity contribution in [3.8, 4) is 5.75 Å². The molecule has 1 saturated carbocycles. The molecule has 0 bridgehead atoms. The molecule has 1 heterocycles. The van der Waals surface area contributed by atoms with Crippen LogP contribution in [0.25, 0.3) is 0 Å². The number of hydrogen-bond donors (Lipinski definition) is 0. The number of hydrogen-bond acceptors (Lipinski definition) is 2. The number of carbonyl (C=O) groups excluding carboxylic acids is 1. The van der Waals surface area contributed by atoms with Gasteiger partial charge >= 0.3 is 0 Å². The second-order valence-corrected chi connectivity index (χ2v) is 7.16. The molecule has 1 aliphatic carbocycles. The Balaban J connectivity index is 1.51. The summed E-state index contributed by atoms with van der Waals surface area (Å²) in [6.07, 6.45) is 9.38. The second-order valence-electron chi connectivity index (χ2n) is 7.16. The van der Waals surface area contributed by atoms with E-state index in [1.54, 1.807) is 7.11 Å². The van der Waals surface area contributed by atoms with Gasteiger partial charge in [-0.2, -0.15) is 0 Å². The van der Waals surface area contributed by atoms with Gasteiger partial charge in [0.25, 0.3) is 0 Å². The zero-order valence-corrected chi connectivity index (χ0v) is 14.3. The van der Waals surface area contributed by atoms with E-state index in [4.69, 9.17) is 4.74 Å². The summed E-state index contributed by atoms with van der Waals surface area (Å²) in [5, 5.41) is 0. The molecule has 0 unspecified atom stereocenters. The summed E-state index contributed by atoms with van der Waals surface area (Å²) in [6.45, 7) is 1.95. The first-order chi connectivity index (χ1) is 11.3. The van der Waals surface area contributed by atoms with Crippen molar-refractivity contribution >= 4 is 5.91 Å². The Morgan fingerprint density at radius 3 is 2.83 bits per heavy atom. The molecule has 1 amide bonds. The molecule has 0 aromatic heterocycles. The van der Waals surface area contributed by atoms with E-state index in [0.29, 0.717) is 17.7 Å². The lowest BCUT2D eigenvalue weighted by Gasteiger charge is -2.34. The predicted octanol–water partition coefficient (Wildman–Crippen LogP) is 4.06. The van der Waals surface area contributed by atoms with Crippen molar-refractivity contribution in [3.63, 3.8) is 0 Å². The van der Waals surface area contributed by atoms with E-state index >= 15 is 0 Å². The Morgan fingerprint density at radius 1 is 1.22 bits per heavy atom. The molecule has 1 aliphatic heterocycles. The van der Waals surface area contributed by atoms with Crippen molar-refractivity contribution in [1.29, 1.82) is 0 Å². The average molecular weight is 315 g/mol. The largest absolute Gasteiger partial charge is 0.497 e. The highest BCUT2D eigenvalue weighted by Crippen LogP contribution is 2.29. The highest BCUT2D eigenvalue weighted by Gasteiger charge is 2.30. The topological polar surface area (TPSA) is 29.5 Å². The Hall–Kier alpha value is -1.51. The first kappa shape index (κ1) is 16.4. The molecule has 3 nitrogen and oxygen atoms in total. The number of benzene rings is 1. The van der Waals surface area contributed by atoms with Crippen LogP contribution in [0.2, 0.25) is 0 Å². The van der Waals surface area contributed by atoms with Gasteiger partial charge in [-0.3, -0.25) is 4.79 Å². The maximum atomic E-state index is 12.6. The molecule has 1 atom stereocenters. The Bertz CT molecular complexity index is 522. The SMILES string of the molecule is COc1cccc(CC[C@@H]2CCCN(C(=O)C3CCCC3)C2)c1. The number of nitrogens with zero attached hydrogens (tertiary/aromatic N) is 1. The van der Waals surface area contributed by atoms with Crippen molar-refractivity contribution in [2.45, 2.75) is 51.4 Å². The van der Waals surface area contributed by atoms with Crippen molar-refractivity contribution < 1.29 is 9.53 Å². The second kappa shape index (κ2) is 7.85. The van der Waals surface area contributed by atoms with E-state index in [0.717, 1.165) is 38.1 Å². The monoisotopic (exact) mass is 315 g/mol. The van der Waals surface area contributed by atoms with E-state index in [-0.39, 0.29) is 0 Å². The minimum atomic E-state index is 0.326. The molecule has 126 valence electrons. The molecule has 0 spiro atoms. The van der Waals surface area contributed by atoms with E-state index in [1.807, 2.05) is 6.07 Å². The molecule has 1 saturated heterocycles. The van der Waals surface area contributed by atoms with Gasteiger partial charge in [-0.25, -0.2) is 0 Å². The van der Waals surface area contributed by atoms with Crippen molar-refractivity contribution in [3.05, 3.63) is 29.8 Å². The predicted molar refractivity (Wildman–Crippen MR) is 92.6 cm³/mol. The van der Waals surface area contributed by atoms with Gasteiger partial charge in [0.15, 0.2) is 0 Å². The van der Waals surface area contributed by atoms with E-state index in [1.165, 1.54) is 37.7 Å². The van der Waals surface area contributed by atoms with Gasteiger partial charge in [0.2, 0.25) is 5.91 Å². The number of likely N-dealkylation sites (tertiary alicyclic amines) is 1. The van der Waals surface area contributed by atoms with Crippen molar-refractivity contribution in [2.24, 2.45) is 11.8 Å². The minimum absolute atomic E-state index is 0.326. The summed E-state index contributed by atoms with van der Waals surface area (Å²) >= 11 is 0. The highest BCUT2D eigenvalue weighted by atomic mass is 16.5. The number of ether oxygens (including phenoxy) is 1. The van der Waals surface area contributed by atoms with Gasteiger partial charge in [0, 0.05) is 19.0 Å². The Labute approximate surface area is 140 Å². The maximum Gasteiger partial charge on any atom is 0.225 e. The van der Waals surface area contributed by atoms with E-state index in [2.05, 4.69) is 23.1 Å². The standard InChI is InChI=1S/C20H29NO2/c1-23-19-10-4-6-16(14-19)11-12-17-7-5-13-21(15-17)20(22)18-8-2-3-9-18/h4,6,10,14,17-18H,2-3,5,7-9,11-13,15H2,1H3/t17-/m0/s1. The van der Waals surface area contributed by atoms with Gasteiger partial charge in [-0.05, 0) is 62.1 Å². The lowest BCUT2D eigenvalue weighted by atomic mass is 9.90. The van der Waals surface area contributed by atoms with Crippen LogP contribution in [0.3, 0.4) is 0 Å². The summed E-state index contributed by atoms with van der Waals surface area (Å²) in [5.74, 6) is 2.35. The summed E-state index contributed by atoms with van der Waals surface area (Å²) in [5.41, 5.74) is 1.34. The molecule has 3 rings (SSSR count). The fraction of sp³-hybridized carbons (Fsp3) is 0.650. The molecular formula is C20H29NO2. The van der Waals surface area contributed by atoms with Crippen LogP contribution in [0.15, 0.2) is 24.3 Å². The van der Waals surface area contributed by atoms with Crippen LogP contribution in [0.1, 0.15) is 50.5 Å². The van der Waals surface area contributed by atoms with Crippen molar-refractivity contribution in [1.82, 2.24) is 4.90 Å². The van der Waals surface area contributed by atoms with Gasteiger partial charge in [-0.1, -0.05) is 25.0 Å². The third-order valence-corrected chi connectivity index (χ3v) is 5.51. The van der Waals surface area contributed by atoms with Crippen LogP contribution < -0.4 is 4.74 Å². The molecule has 2 fully saturated rings. The van der Waals surface area contributed by atoms with Gasteiger partial charge in [0.05, 0.1) is 7.11 Å². The molecule has 2 aliphatic rings. The zero-order chi connectivity index (χ0) is 16.1. The quantitative estimate of drug-likeness (QED) is 0.820. The number of piperidine rings is 1. The highest BCUT2D eigenvalue weighted by molar-refractivity contribution is 5.79. The molecule has 23 heavy (non-hydrogen) atoms. The molecule has 0 N–H and O–H groups in total. The maximum absolute atomic E-state index is 12.6. The van der Waals surface area contributed by atoms with Crippen LogP contribution >= 0.6 is 0 Å². The summed E-state index contributed by atoms with van der Waals surface area (Å²) in [6, 6.07) is 8.36. The van der Waals surface area contributed by atoms with Gasteiger partial charge in [0.1, 0.15) is 5.75 Å². The fourth-order valence-electron chi connectivity index (χ4n) is 4.13. The number of amides is 1. The van der Waals surface area contributed by atoms with E-state index in [9.17, 15) is 4.79 Å². The zero-order valence-electron chi connectivity index (χ0n) is 14.3. The van der Waals surface area contributed by atoms with Gasteiger partial charge in [-0.15, -0.1) is 0 Å². The normalized spacial score (nSPS) is 22.3. The fourth-order valence-corrected chi connectivity index (χ4v) is 4.13. The summed E-state index contributed by atoms with van der Waals surface area (Å²) < 4.78 is 5.30. The van der Waals surface area contributed by atoms with Crippen LogP contribution in [-0.4, -0.2) is 31.0 Å². The Kier molecular flexibility index (Phi) is 5.58. The van der Waals surface area contributed by atoms with Crippen molar-refractivity contribution in [2.75, 3.05) is 20.2 Å². The first-order valence-corrected chi connectivity index (χ1v) is 9.18. The summed E-state index contributed by atoms with van der Waals surface area (Å²) in [4.78, 5) is 14.8. The smallest absolute Gasteiger partial charge is 0.225 e. The number of carbonyl (C=O) groups is 1. The summed E-state index contributed by atoms with van der Waals surface area (Å²) in [7, 11) is 1.72. The number of rotatable bonds is 5. The van der Waals surface area contributed by atoms with Crippen LogP contribution in [0.5, 0.6) is 5.75 Å². The van der Waals surface area contributed by atoms with Crippen LogP contribution in [0, 0.1) is 11.8 Å². The molecule has 0 radical (unpaired) electrons. The average Bonchev–Trinajstić information content (AvgIpc) is 3.14.